The normalized spacial score (nSPS) is 13.0. The largest absolute Gasteiger partial charge is 0.482 e. The summed E-state index contributed by atoms with van der Waals surface area (Å²) in [5, 5.41) is 2.78. The highest BCUT2D eigenvalue weighted by molar-refractivity contribution is 6.00. The Morgan fingerprint density at radius 1 is 1.28 bits per heavy atom. The fourth-order valence-electron chi connectivity index (χ4n) is 2.60. The third kappa shape index (κ3) is 3.85. The molecule has 2 amide bonds. The standard InChI is InChI=1S/C19H17FN2O3/c1-2-9-22-16-11-15(7-8-17(16)25-12-19(22)24)21-18(23)10-13-3-5-14(20)6-4-13/h2-8,11H,1,9-10,12H2,(H,21,23). The number of rotatable bonds is 5. The zero-order chi connectivity index (χ0) is 17.8. The van der Waals surface area contributed by atoms with Crippen LogP contribution < -0.4 is 15.0 Å². The number of hydrogen-bond acceptors (Lipinski definition) is 3. The Morgan fingerprint density at radius 3 is 2.76 bits per heavy atom. The van der Waals surface area contributed by atoms with Crippen LogP contribution in [-0.2, 0) is 16.0 Å². The number of benzene rings is 2. The monoisotopic (exact) mass is 340 g/mol. The van der Waals surface area contributed by atoms with E-state index in [9.17, 15) is 14.0 Å². The second-order valence-electron chi connectivity index (χ2n) is 5.62. The van der Waals surface area contributed by atoms with E-state index in [0.717, 1.165) is 0 Å². The number of carbonyl (C=O) groups excluding carboxylic acids is 2. The molecule has 0 saturated heterocycles. The van der Waals surface area contributed by atoms with Gasteiger partial charge in [-0.25, -0.2) is 4.39 Å². The van der Waals surface area contributed by atoms with Crippen LogP contribution in [0.2, 0.25) is 0 Å². The number of amides is 2. The maximum Gasteiger partial charge on any atom is 0.265 e. The lowest BCUT2D eigenvalue weighted by molar-refractivity contribution is -0.121. The van der Waals surface area contributed by atoms with Crippen molar-refractivity contribution in [3.63, 3.8) is 0 Å². The molecule has 5 nitrogen and oxygen atoms in total. The molecule has 3 rings (SSSR count). The fraction of sp³-hybridized carbons (Fsp3) is 0.158. The van der Waals surface area contributed by atoms with Gasteiger partial charge in [0.1, 0.15) is 11.6 Å². The van der Waals surface area contributed by atoms with Gasteiger partial charge in [-0.05, 0) is 35.9 Å². The number of halogens is 1. The lowest BCUT2D eigenvalue weighted by atomic mass is 10.1. The Balaban J connectivity index is 1.75. The van der Waals surface area contributed by atoms with E-state index in [0.29, 0.717) is 29.2 Å². The summed E-state index contributed by atoms with van der Waals surface area (Å²) in [7, 11) is 0. The zero-order valence-corrected chi connectivity index (χ0v) is 13.5. The molecule has 6 heteroatoms. The molecule has 0 aliphatic carbocycles. The first-order chi connectivity index (χ1) is 12.1. The highest BCUT2D eigenvalue weighted by Crippen LogP contribution is 2.34. The third-order valence-corrected chi connectivity index (χ3v) is 3.78. The van der Waals surface area contributed by atoms with Crippen molar-refractivity contribution in [1.82, 2.24) is 0 Å². The van der Waals surface area contributed by atoms with Crippen LogP contribution in [0.5, 0.6) is 5.75 Å². The summed E-state index contributed by atoms with van der Waals surface area (Å²) >= 11 is 0. The summed E-state index contributed by atoms with van der Waals surface area (Å²) in [6.45, 7) is 4.00. The maximum absolute atomic E-state index is 12.9. The number of carbonyl (C=O) groups is 2. The number of nitrogens with one attached hydrogen (secondary N) is 1. The van der Waals surface area contributed by atoms with Crippen LogP contribution in [-0.4, -0.2) is 25.0 Å². The Morgan fingerprint density at radius 2 is 2.04 bits per heavy atom. The third-order valence-electron chi connectivity index (χ3n) is 3.78. The number of nitrogens with zero attached hydrogens (tertiary/aromatic N) is 1. The summed E-state index contributed by atoms with van der Waals surface area (Å²) in [6, 6.07) is 10.9. The van der Waals surface area contributed by atoms with E-state index in [-0.39, 0.29) is 30.7 Å². The average molecular weight is 340 g/mol. The fourth-order valence-corrected chi connectivity index (χ4v) is 2.60. The van der Waals surface area contributed by atoms with E-state index in [1.165, 1.54) is 12.1 Å². The van der Waals surface area contributed by atoms with Crippen LogP contribution in [0.15, 0.2) is 55.1 Å². The molecule has 1 aliphatic heterocycles. The molecule has 1 heterocycles. The Labute approximate surface area is 144 Å². The quantitative estimate of drug-likeness (QED) is 0.852. The van der Waals surface area contributed by atoms with Gasteiger partial charge in [0.15, 0.2) is 6.61 Å². The van der Waals surface area contributed by atoms with Gasteiger partial charge >= 0.3 is 0 Å². The molecule has 2 aromatic carbocycles. The first-order valence-corrected chi connectivity index (χ1v) is 7.79. The molecule has 0 atom stereocenters. The first-order valence-electron chi connectivity index (χ1n) is 7.79. The van der Waals surface area contributed by atoms with Crippen LogP contribution in [0, 0.1) is 5.82 Å². The van der Waals surface area contributed by atoms with E-state index in [4.69, 9.17) is 4.74 Å². The molecule has 128 valence electrons. The molecule has 0 bridgehead atoms. The van der Waals surface area contributed by atoms with Crippen molar-refractivity contribution >= 4 is 23.2 Å². The Kier molecular flexibility index (Phi) is 4.79. The molecule has 0 fully saturated rings. The van der Waals surface area contributed by atoms with Crippen LogP contribution in [0.1, 0.15) is 5.56 Å². The molecular weight excluding hydrogens is 323 g/mol. The van der Waals surface area contributed by atoms with Gasteiger partial charge in [-0.1, -0.05) is 18.2 Å². The van der Waals surface area contributed by atoms with Gasteiger partial charge in [0.25, 0.3) is 5.91 Å². The molecule has 0 radical (unpaired) electrons. The van der Waals surface area contributed by atoms with Crippen molar-refractivity contribution < 1.29 is 18.7 Å². The smallest absolute Gasteiger partial charge is 0.265 e. The van der Waals surface area contributed by atoms with Crippen molar-refractivity contribution in [3.8, 4) is 5.75 Å². The van der Waals surface area contributed by atoms with Crippen LogP contribution in [0.3, 0.4) is 0 Å². The highest BCUT2D eigenvalue weighted by Gasteiger charge is 2.25. The van der Waals surface area contributed by atoms with Crippen LogP contribution >= 0.6 is 0 Å². The molecule has 2 aromatic rings. The number of fused-ring (bicyclic) bond motifs is 1. The van der Waals surface area contributed by atoms with Gasteiger partial charge in [-0.15, -0.1) is 6.58 Å². The van der Waals surface area contributed by atoms with E-state index in [1.807, 2.05) is 0 Å². The van der Waals surface area contributed by atoms with Crippen molar-refractivity contribution in [1.29, 1.82) is 0 Å². The molecule has 25 heavy (non-hydrogen) atoms. The maximum atomic E-state index is 12.9. The molecular formula is C19H17FN2O3. The summed E-state index contributed by atoms with van der Waals surface area (Å²) < 4.78 is 18.3. The van der Waals surface area contributed by atoms with Gasteiger partial charge in [0.2, 0.25) is 5.91 Å². The van der Waals surface area contributed by atoms with Crippen molar-refractivity contribution in [2.45, 2.75) is 6.42 Å². The molecule has 0 saturated carbocycles. The minimum atomic E-state index is -0.342. The van der Waals surface area contributed by atoms with Gasteiger partial charge < -0.3 is 15.0 Å². The Hall–Kier alpha value is -3.15. The highest BCUT2D eigenvalue weighted by atomic mass is 19.1. The van der Waals surface area contributed by atoms with Gasteiger partial charge in [-0.2, -0.15) is 0 Å². The van der Waals surface area contributed by atoms with E-state index in [1.54, 1.807) is 41.3 Å². The second kappa shape index (κ2) is 7.17. The SMILES string of the molecule is C=CCN1C(=O)COc2ccc(NC(=O)Cc3ccc(F)cc3)cc21. The predicted molar refractivity (Wildman–Crippen MR) is 93.2 cm³/mol. The zero-order valence-electron chi connectivity index (χ0n) is 13.5. The second-order valence-corrected chi connectivity index (χ2v) is 5.62. The van der Waals surface area contributed by atoms with E-state index < -0.39 is 0 Å². The molecule has 0 spiro atoms. The minimum Gasteiger partial charge on any atom is -0.482 e. The molecule has 1 aliphatic rings. The van der Waals surface area contributed by atoms with Crippen LogP contribution in [0.4, 0.5) is 15.8 Å². The van der Waals surface area contributed by atoms with E-state index in [2.05, 4.69) is 11.9 Å². The van der Waals surface area contributed by atoms with Gasteiger partial charge in [0, 0.05) is 12.2 Å². The van der Waals surface area contributed by atoms with Crippen molar-refractivity contribution in [2.24, 2.45) is 0 Å². The first kappa shape index (κ1) is 16.7. The lowest BCUT2D eigenvalue weighted by Gasteiger charge is -2.28. The lowest BCUT2D eigenvalue weighted by Crippen LogP contribution is -2.38. The summed E-state index contributed by atoms with van der Waals surface area (Å²) in [6.07, 6.45) is 1.76. The number of hydrogen-bond donors (Lipinski definition) is 1. The van der Waals surface area contributed by atoms with Gasteiger partial charge in [-0.3, -0.25) is 9.59 Å². The average Bonchev–Trinajstić information content (AvgIpc) is 2.59. The molecule has 1 N–H and O–H groups in total. The summed E-state index contributed by atoms with van der Waals surface area (Å²) in [5.74, 6) is -0.157. The number of anilines is 2. The minimum absolute atomic E-state index is 0.0168. The van der Waals surface area contributed by atoms with Crippen molar-refractivity contribution in [3.05, 3.63) is 66.5 Å². The van der Waals surface area contributed by atoms with Gasteiger partial charge in [0.05, 0.1) is 12.1 Å². The molecule has 0 unspecified atom stereocenters. The Bertz CT molecular complexity index is 818. The summed E-state index contributed by atoms with van der Waals surface area (Å²) in [4.78, 5) is 25.7. The predicted octanol–water partition coefficient (Wildman–Crippen LogP) is 2.92. The number of ether oxygens (including phenoxy) is 1. The summed E-state index contributed by atoms with van der Waals surface area (Å²) in [5.41, 5.74) is 1.86. The van der Waals surface area contributed by atoms with Crippen LogP contribution in [0.25, 0.3) is 0 Å². The molecule has 0 aromatic heterocycles. The van der Waals surface area contributed by atoms with Crippen molar-refractivity contribution in [2.75, 3.05) is 23.4 Å². The van der Waals surface area contributed by atoms with E-state index >= 15 is 0 Å². The topological polar surface area (TPSA) is 58.6 Å².